The van der Waals surface area contributed by atoms with Crippen LogP contribution >= 0.6 is 11.3 Å². The second-order valence-corrected chi connectivity index (χ2v) is 11.4. The van der Waals surface area contributed by atoms with Crippen molar-refractivity contribution in [3.63, 3.8) is 0 Å². The molecule has 7 nitrogen and oxygen atoms in total. The first-order valence-corrected chi connectivity index (χ1v) is 12.4. The molecule has 3 aromatic rings. The van der Waals surface area contributed by atoms with E-state index in [0.717, 1.165) is 25.7 Å². The Hall–Kier alpha value is -2.98. The lowest BCUT2D eigenvalue weighted by molar-refractivity contribution is -0.128. The lowest BCUT2D eigenvalue weighted by Crippen LogP contribution is -2.50. The van der Waals surface area contributed by atoms with Crippen molar-refractivity contribution in [1.29, 1.82) is 0 Å². The zero-order chi connectivity index (χ0) is 22.8. The number of nitrogens with two attached hydrogens (primary N) is 1. The third-order valence-corrected chi connectivity index (χ3v) is 9.47. The summed E-state index contributed by atoms with van der Waals surface area (Å²) in [7, 11) is -2.37. The van der Waals surface area contributed by atoms with Crippen LogP contribution in [0.2, 0.25) is 0 Å². The van der Waals surface area contributed by atoms with Crippen molar-refractivity contribution in [3.8, 4) is 11.1 Å². The molecule has 32 heavy (non-hydrogen) atoms. The van der Waals surface area contributed by atoms with Crippen LogP contribution in [0.4, 0.5) is 4.39 Å². The standard InChI is InChI=1S/C22H21FN4O3S2/c1-22(11-32(29,30)27(2)21(24)26-22)20-18(23)15-5-3-4-14(19(15)31-20)12-6-8-13(9-7-12)16-10-17(28)25-16/h3-9,16H,10-11H2,1-2H3,(H2,24,26)(H,25,28). The summed E-state index contributed by atoms with van der Waals surface area (Å²) in [4.78, 5) is 15.8. The smallest absolute Gasteiger partial charge is 0.239 e. The van der Waals surface area contributed by atoms with E-state index < -0.39 is 21.4 Å². The lowest BCUT2D eigenvalue weighted by Gasteiger charge is -2.33. The molecule has 5 rings (SSSR count). The molecule has 0 saturated carbocycles. The minimum absolute atomic E-state index is 0.0350. The fraction of sp³-hybridized carbons (Fsp3) is 0.273. The van der Waals surface area contributed by atoms with Crippen LogP contribution in [0.25, 0.3) is 21.2 Å². The van der Waals surface area contributed by atoms with Gasteiger partial charge in [0.1, 0.15) is 11.4 Å². The number of fused-ring (bicyclic) bond motifs is 1. The highest BCUT2D eigenvalue weighted by atomic mass is 32.2. The average molecular weight is 473 g/mol. The molecule has 0 radical (unpaired) electrons. The van der Waals surface area contributed by atoms with E-state index in [9.17, 15) is 13.2 Å². The first-order valence-electron chi connectivity index (χ1n) is 10.0. The van der Waals surface area contributed by atoms with Crippen LogP contribution in [-0.2, 0) is 20.4 Å². The summed E-state index contributed by atoms with van der Waals surface area (Å²) in [5, 5.41) is 3.27. The number of halogens is 1. The van der Waals surface area contributed by atoms with Gasteiger partial charge in [0, 0.05) is 17.1 Å². The van der Waals surface area contributed by atoms with Gasteiger partial charge in [0.25, 0.3) is 0 Å². The van der Waals surface area contributed by atoms with Crippen molar-refractivity contribution < 1.29 is 17.6 Å². The number of carbonyl (C=O) groups excluding carboxylic acids is 1. The van der Waals surface area contributed by atoms with Crippen LogP contribution in [0, 0.1) is 5.82 Å². The first-order chi connectivity index (χ1) is 15.1. The molecular weight excluding hydrogens is 451 g/mol. The van der Waals surface area contributed by atoms with Gasteiger partial charge in [0.05, 0.1) is 23.1 Å². The molecular formula is C22H21FN4O3S2. The van der Waals surface area contributed by atoms with Crippen LogP contribution < -0.4 is 11.1 Å². The molecule has 2 unspecified atom stereocenters. The molecule has 0 bridgehead atoms. The molecule has 2 aromatic carbocycles. The maximum Gasteiger partial charge on any atom is 0.239 e. The van der Waals surface area contributed by atoms with Crippen molar-refractivity contribution >= 4 is 43.3 Å². The summed E-state index contributed by atoms with van der Waals surface area (Å²) in [5.41, 5.74) is 7.31. The molecule has 0 spiro atoms. The highest BCUT2D eigenvalue weighted by Crippen LogP contribution is 2.44. The molecule has 3 N–H and O–H groups in total. The van der Waals surface area contributed by atoms with E-state index in [4.69, 9.17) is 5.73 Å². The zero-order valence-corrected chi connectivity index (χ0v) is 19.1. The highest BCUT2D eigenvalue weighted by Gasteiger charge is 2.43. The second kappa shape index (κ2) is 7.01. The van der Waals surface area contributed by atoms with Crippen LogP contribution in [0.1, 0.15) is 29.8 Å². The number of nitrogens with zero attached hydrogens (tertiary/aromatic N) is 2. The minimum atomic E-state index is -3.71. The normalized spacial score (nSPS) is 24.7. The Bertz CT molecular complexity index is 1390. The Morgan fingerprint density at radius 3 is 2.56 bits per heavy atom. The monoisotopic (exact) mass is 472 g/mol. The number of carbonyl (C=O) groups is 1. The Labute approximate surface area is 188 Å². The Morgan fingerprint density at radius 2 is 1.94 bits per heavy atom. The van der Waals surface area contributed by atoms with E-state index in [1.54, 1.807) is 19.1 Å². The molecule has 1 amide bonds. The number of benzene rings is 2. The van der Waals surface area contributed by atoms with E-state index in [-0.39, 0.29) is 28.5 Å². The number of β-lactam (4-membered cyclic amide) rings is 1. The van der Waals surface area contributed by atoms with E-state index in [0.29, 0.717) is 11.8 Å². The molecule has 2 aliphatic heterocycles. The Kier molecular flexibility index (Phi) is 4.58. The third kappa shape index (κ3) is 3.17. The molecule has 2 aliphatic rings. The molecule has 166 valence electrons. The molecule has 2 atom stereocenters. The van der Waals surface area contributed by atoms with Gasteiger partial charge in [-0.2, -0.15) is 0 Å². The van der Waals surface area contributed by atoms with Gasteiger partial charge in [-0.25, -0.2) is 22.1 Å². The maximum absolute atomic E-state index is 15.5. The van der Waals surface area contributed by atoms with Gasteiger partial charge < -0.3 is 11.1 Å². The Morgan fingerprint density at radius 1 is 1.25 bits per heavy atom. The van der Waals surface area contributed by atoms with Crippen molar-refractivity contribution in [2.45, 2.75) is 24.9 Å². The first kappa shape index (κ1) is 20.9. The van der Waals surface area contributed by atoms with Gasteiger partial charge >= 0.3 is 0 Å². The van der Waals surface area contributed by atoms with E-state index in [2.05, 4.69) is 10.3 Å². The molecule has 3 heterocycles. The summed E-state index contributed by atoms with van der Waals surface area (Å²) in [6.45, 7) is 1.60. The summed E-state index contributed by atoms with van der Waals surface area (Å²) >= 11 is 1.20. The quantitative estimate of drug-likeness (QED) is 0.572. The topological polar surface area (TPSA) is 105 Å². The molecule has 1 aromatic heterocycles. The average Bonchev–Trinajstić information content (AvgIpc) is 3.07. The lowest BCUT2D eigenvalue weighted by atomic mass is 9.94. The number of hydrogen-bond donors (Lipinski definition) is 2. The number of nitrogens with one attached hydrogen (secondary N) is 1. The number of thiophene rings is 1. The van der Waals surface area contributed by atoms with Gasteiger partial charge in [-0.3, -0.25) is 4.79 Å². The molecule has 10 heteroatoms. The largest absolute Gasteiger partial charge is 0.369 e. The van der Waals surface area contributed by atoms with Crippen molar-refractivity contribution in [2.24, 2.45) is 10.7 Å². The van der Waals surface area contributed by atoms with E-state index in [1.807, 2.05) is 30.3 Å². The number of hydrogen-bond acceptors (Lipinski definition) is 6. The predicted octanol–water partition coefficient (Wildman–Crippen LogP) is 3.07. The SMILES string of the molecule is CN1C(N)=NC(C)(c2sc3c(-c4ccc(C5CC(=O)N5)cc4)cccc3c2F)CS1(=O)=O. The van der Waals surface area contributed by atoms with E-state index >= 15 is 4.39 Å². The van der Waals surface area contributed by atoms with Crippen LogP contribution in [0.5, 0.6) is 0 Å². The number of sulfonamides is 1. The number of guanidine groups is 1. The zero-order valence-electron chi connectivity index (χ0n) is 17.4. The predicted molar refractivity (Wildman–Crippen MR) is 123 cm³/mol. The number of rotatable bonds is 3. The van der Waals surface area contributed by atoms with Gasteiger partial charge in [-0.1, -0.05) is 42.5 Å². The summed E-state index contributed by atoms with van der Waals surface area (Å²) < 4.78 is 42.3. The second-order valence-electron chi connectivity index (χ2n) is 8.34. The molecule has 0 aliphatic carbocycles. The van der Waals surface area contributed by atoms with Crippen LogP contribution in [0.3, 0.4) is 0 Å². The fourth-order valence-electron chi connectivity index (χ4n) is 4.18. The molecule has 1 saturated heterocycles. The minimum Gasteiger partial charge on any atom is -0.369 e. The summed E-state index contributed by atoms with van der Waals surface area (Å²) in [6, 6.07) is 13.2. The van der Waals surface area contributed by atoms with Crippen LogP contribution in [-0.4, -0.2) is 37.4 Å². The van der Waals surface area contributed by atoms with Gasteiger partial charge in [-0.15, -0.1) is 11.3 Å². The third-order valence-electron chi connectivity index (χ3n) is 6.06. The number of aliphatic imine (C=N–C) groups is 1. The van der Waals surface area contributed by atoms with Gasteiger partial charge in [0.2, 0.25) is 21.9 Å². The van der Waals surface area contributed by atoms with Gasteiger partial charge in [-0.05, 0) is 23.6 Å². The maximum atomic E-state index is 15.5. The van der Waals surface area contributed by atoms with Crippen LogP contribution in [0.15, 0.2) is 47.5 Å². The van der Waals surface area contributed by atoms with Crippen molar-refractivity contribution in [3.05, 3.63) is 58.7 Å². The Balaban J connectivity index is 1.60. The summed E-state index contributed by atoms with van der Waals surface area (Å²) in [6.07, 6.45) is 0.481. The number of amides is 1. The van der Waals surface area contributed by atoms with Crippen molar-refractivity contribution in [1.82, 2.24) is 9.62 Å². The van der Waals surface area contributed by atoms with Crippen molar-refractivity contribution in [2.75, 3.05) is 12.8 Å². The highest BCUT2D eigenvalue weighted by molar-refractivity contribution is 7.89. The van der Waals surface area contributed by atoms with Gasteiger partial charge in [0.15, 0.2) is 0 Å². The van der Waals surface area contributed by atoms with E-state index in [1.165, 1.54) is 18.4 Å². The summed E-state index contributed by atoms with van der Waals surface area (Å²) in [5.74, 6) is -0.954. The fourth-order valence-corrected chi connectivity index (χ4v) is 7.02. The molecule has 1 fully saturated rings.